The first kappa shape index (κ1) is 12.7. The first-order valence-corrected chi connectivity index (χ1v) is 9.95. The van der Waals surface area contributed by atoms with E-state index in [4.69, 9.17) is 0 Å². The van der Waals surface area contributed by atoms with E-state index in [0.29, 0.717) is 0 Å². The lowest BCUT2D eigenvalue weighted by Gasteiger charge is -2.08. The van der Waals surface area contributed by atoms with Crippen LogP contribution in [-0.4, -0.2) is 0 Å². The van der Waals surface area contributed by atoms with Gasteiger partial charge in [-0.05, 0) is 110 Å². The molecular weight excluding hydrogens is 336 g/mol. The van der Waals surface area contributed by atoms with Crippen LogP contribution in [0, 0.1) is 0 Å². The molecule has 9 aromatic rings. The molecular formula is C28H12. The first-order chi connectivity index (χ1) is 13.9. The molecule has 124 valence electrons. The third kappa shape index (κ3) is 1.10. The molecule has 28 heavy (non-hydrogen) atoms. The molecule has 0 nitrogen and oxygen atoms in total. The summed E-state index contributed by atoms with van der Waals surface area (Å²) < 4.78 is 0. The summed E-state index contributed by atoms with van der Waals surface area (Å²) in [6.45, 7) is 0. The molecule has 0 amide bonds. The second-order valence-electron chi connectivity index (χ2n) is 8.55. The minimum atomic E-state index is 1.37. The van der Waals surface area contributed by atoms with Gasteiger partial charge in [-0.1, -0.05) is 48.5 Å². The molecule has 0 aliphatic carbocycles. The van der Waals surface area contributed by atoms with Crippen LogP contribution in [0.15, 0.2) is 72.8 Å². The molecule has 9 rings (SSSR count). The van der Waals surface area contributed by atoms with E-state index in [-0.39, 0.29) is 0 Å². The summed E-state index contributed by atoms with van der Waals surface area (Å²) in [5.74, 6) is 0. The predicted molar refractivity (Wildman–Crippen MR) is 122 cm³/mol. The van der Waals surface area contributed by atoms with Crippen molar-refractivity contribution in [2.24, 2.45) is 0 Å². The molecule has 0 N–H and O–H groups in total. The van der Waals surface area contributed by atoms with E-state index in [1.807, 2.05) is 0 Å². The molecule has 9 aromatic carbocycles. The van der Waals surface area contributed by atoms with E-state index >= 15 is 0 Å². The Labute approximate surface area is 159 Å². The SMILES string of the molecule is c1cc2cc3ccc4cc5ccc6cc7ccc8cc1c1c8c7c6c5c4c3c21. The topological polar surface area (TPSA) is 0 Å². The number of hydrogen-bond donors (Lipinski definition) is 0. The zero-order valence-electron chi connectivity index (χ0n) is 14.9. The van der Waals surface area contributed by atoms with Crippen LogP contribution in [0.3, 0.4) is 0 Å². The monoisotopic (exact) mass is 348 g/mol. The normalized spacial score (nSPS) is 13.7. The molecule has 0 aliphatic rings. The van der Waals surface area contributed by atoms with Gasteiger partial charge in [0.1, 0.15) is 0 Å². The van der Waals surface area contributed by atoms with E-state index in [1.165, 1.54) is 86.2 Å². The molecule has 0 heterocycles. The molecule has 0 saturated heterocycles. The number of rotatable bonds is 0. The second-order valence-corrected chi connectivity index (χ2v) is 8.55. The Morgan fingerprint density at radius 3 is 0.500 bits per heavy atom. The van der Waals surface area contributed by atoms with Crippen molar-refractivity contribution in [3.05, 3.63) is 72.8 Å². The zero-order chi connectivity index (χ0) is 17.7. The Morgan fingerprint density at radius 2 is 0.357 bits per heavy atom. The van der Waals surface area contributed by atoms with Crippen LogP contribution >= 0.6 is 0 Å². The van der Waals surface area contributed by atoms with Crippen molar-refractivity contribution in [3.8, 4) is 0 Å². The van der Waals surface area contributed by atoms with E-state index in [9.17, 15) is 0 Å². The number of hydrogen-bond acceptors (Lipinski definition) is 0. The Bertz CT molecular complexity index is 1530. The van der Waals surface area contributed by atoms with Crippen LogP contribution in [0.25, 0.3) is 86.2 Å². The Balaban J connectivity index is 1.93. The highest BCUT2D eigenvalue weighted by molar-refractivity contribution is 6.48. The van der Waals surface area contributed by atoms with Crippen LogP contribution in [0.5, 0.6) is 0 Å². The molecule has 0 bridgehead atoms. The van der Waals surface area contributed by atoms with Crippen molar-refractivity contribution in [2.75, 3.05) is 0 Å². The van der Waals surface area contributed by atoms with Crippen molar-refractivity contribution >= 4 is 86.2 Å². The smallest absolute Gasteiger partial charge is 0.00136 e. The Hall–Kier alpha value is -3.64. The minimum Gasteiger partial charge on any atom is -0.0537 e. The summed E-state index contributed by atoms with van der Waals surface area (Å²) in [5, 5.41) is 22.6. The van der Waals surface area contributed by atoms with Crippen LogP contribution in [-0.2, 0) is 0 Å². The average Bonchev–Trinajstić information content (AvgIpc) is 3.42. The van der Waals surface area contributed by atoms with Crippen LogP contribution in [0.4, 0.5) is 0 Å². The van der Waals surface area contributed by atoms with Crippen LogP contribution in [0.2, 0.25) is 0 Å². The molecule has 0 radical (unpaired) electrons. The summed E-state index contributed by atoms with van der Waals surface area (Å²) in [5.41, 5.74) is 0. The van der Waals surface area contributed by atoms with E-state index in [1.54, 1.807) is 0 Å². The van der Waals surface area contributed by atoms with Gasteiger partial charge in [0.15, 0.2) is 0 Å². The minimum absolute atomic E-state index is 1.37. The fourth-order valence-electron chi connectivity index (χ4n) is 6.33. The first-order valence-electron chi connectivity index (χ1n) is 9.95. The maximum atomic E-state index is 2.39. The highest BCUT2D eigenvalue weighted by Crippen LogP contribution is 2.51. The molecule has 0 heteroatoms. The quantitative estimate of drug-likeness (QED) is 0.260. The van der Waals surface area contributed by atoms with E-state index in [0.717, 1.165) is 0 Å². The predicted octanol–water partition coefficient (Wildman–Crippen LogP) is 8.10. The maximum Gasteiger partial charge on any atom is -0.00136 e. The van der Waals surface area contributed by atoms with Gasteiger partial charge in [0, 0.05) is 0 Å². The molecule has 0 atom stereocenters. The highest BCUT2D eigenvalue weighted by Gasteiger charge is 2.23. The average molecular weight is 348 g/mol. The van der Waals surface area contributed by atoms with Crippen molar-refractivity contribution < 1.29 is 0 Å². The van der Waals surface area contributed by atoms with Crippen molar-refractivity contribution in [3.63, 3.8) is 0 Å². The van der Waals surface area contributed by atoms with Gasteiger partial charge in [0.05, 0.1) is 0 Å². The summed E-state index contributed by atoms with van der Waals surface area (Å²) in [6.07, 6.45) is 0. The Kier molecular flexibility index (Phi) is 1.67. The molecule has 0 spiro atoms. The largest absolute Gasteiger partial charge is 0.0537 e. The van der Waals surface area contributed by atoms with Gasteiger partial charge in [-0.25, -0.2) is 0 Å². The molecule has 0 aliphatic heterocycles. The lowest BCUT2D eigenvalue weighted by atomic mass is 9.95. The van der Waals surface area contributed by atoms with Crippen LogP contribution < -0.4 is 0 Å². The number of benzene rings is 4. The summed E-state index contributed by atoms with van der Waals surface area (Å²) in [4.78, 5) is 0. The fraction of sp³-hybridized carbons (Fsp3) is 0. The van der Waals surface area contributed by atoms with Gasteiger partial charge in [0.25, 0.3) is 0 Å². The standard InChI is InChI=1S/C28H12/c1-2-14-10-16-5-6-18-12-20-8-7-19-11-17-4-3-15-9-13(1)21-22(14)24(16)26(18)28(20)27(19)25(17)23(15)21/h1-12H. The van der Waals surface area contributed by atoms with Crippen molar-refractivity contribution in [1.29, 1.82) is 0 Å². The van der Waals surface area contributed by atoms with Crippen molar-refractivity contribution in [2.45, 2.75) is 0 Å². The third-order valence-corrected chi connectivity index (χ3v) is 7.32. The third-order valence-electron chi connectivity index (χ3n) is 7.32. The van der Waals surface area contributed by atoms with Gasteiger partial charge in [0.2, 0.25) is 0 Å². The summed E-state index contributed by atoms with van der Waals surface area (Å²) in [7, 11) is 0. The van der Waals surface area contributed by atoms with Crippen LogP contribution in [0.1, 0.15) is 0 Å². The zero-order valence-corrected chi connectivity index (χ0v) is 14.9. The van der Waals surface area contributed by atoms with Gasteiger partial charge in [-0.15, -0.1) is 0 Å². The highest BCUT2D eigenvalue weighted by atomic mass is 14.3. The second kappa shape index (κ2) is 3.68. The fourth-order valence-corrected chi connectivity index (χ4v) is 6.33. The lowest BCUT2D eigenvalue weighted by molar-refractivity contribution is 1.96. The van der Waals surface area contributed by atoms with Gasteiger partial charge in [-0.3, -0.25) is 0 Å². The molecule has 0 unspecified atom stereocenters. The van der Waals surface area contributed by atoms with Gasteiger partial charge < -0.3 is 0 Å². The molecule has 0 fully saturated rings. The van der Waals surface area contributed by atoms with E-state index < -0.39 is 0 Å². The molecule has 0 aromatic heterocycles. The van der Waals surface area contributed by atoms with Crippen molar-refractivity contribution in [1.82, 2.24) is 0 Å². The summed E-state index contributed by atoms with van der Waals surface area (Å²) >= 11 is 0. The molecule has 0 saturated carbocycles. The van der Waals surface area contributed by atoms with E-state index in [2.05, 4.69) is 72.8 Å². The lowest BCUT2D eigenvalue weighted by Crippen LogP contribution is -1.78. The van der Waals surface area contributed by atoms with Gasteiger partial charge >= 0.3 is 0 Å². The maximum absolute atomic E-state index is 2.39. The Morgan fingerprint density at radius 1 is 0.214 bits per heavy atom. The summed E-state index contributed by atoms with van der Waals surface area (Å²) in [6, 6.07) is 28.1. The van der Waals surface area contributed by atoms with Gasteiger partial charge in [-0.2, -0.15) is 0 Å².